The molecule has 3 N–H and O–H groups in total. The average Bonchev–Trinajstić information content (AvgIpc) is 3.76. The highest BCUT2D eigenvalue weighted by molar-refractivity contribution is 7.44. The number of nitrogen functional groups attached to an aromatic ring is 1. The van der Waals surface area contributed by atoms with Gasteiger partial charge in [-0.3, -0.25) is 0 Å². The lowest BCUT2D eigenvalue weighted by atomic mass is 9.80. The van der Waals surface area contributed by atoms with Gasteiger partial charge in [0.25, 0.3) is 0 Å². The van der Waals surface area contributed by atoms with Gasteiger partial charge < -0.3 is 38.9 Å². The molecular formula is C40H50N7O7P. The SMILES string of the molecule is CC/C=N/OP(OC1C(COC(c2ccccc2)(c2ccc(OC)cc2)c2ccc(OC)cc2)OC(c2cnn3c(N)ncnc23)C1O)N(C(C)C)C(C)C. The van der Waals surface area contributed by atoms with Crippen molar-refractivity contribution >= 4 is 26.3 Å². The average molecular weight is 772 g/mol. The molecule has 2 aromatic heterocycles. The summed E-state index contributed by atoms with van der Waals surface area (Å²) in [6, 6.07) is 25.6. The van der Waals surface area contributed by atoms with Crippen LogP contribution in [0.15, 0.2) is 96.5 Å². The summed E-state index contributed by atoms with van der Waals surface area (Å²) in [7, 11) is 1.44. The molecule has 3 heterocycles. The molecule has 0 aliphatic carbocycles. The summed E-state index contributed by atoms with van der Waals surface area (Å²) in [4.78, 5) is 8.49. The number of methoxy groups -OCH3 is 2. The fourth-order valence-corrected chi connectivity index (χ4v) is 8.53. The molecule has 1 aliphatic rings. The highest BCUT2D eigenvalue weighted by Crippen LogP contribution is 2.51. The number of oxime groups is 1. The lowest BCUT2D eigenvalue weighted by molar-refractivity contribution is -0.0805. The van der Waals surface area contributed by atoms with Crippen LogP contribution < -0.4 is 15.2 Å². The first-order chi connectivity index (χ1) is 26.6. The molecule has 1 fully saturated rings. The smallest absolute Gasteiger partial charge is 0.347 e. The molecule has 0 radical (unpaired) electrons. The zero-order chi connectivity index (χ0) is 39.1. The van der Waals surface area contributed by atoms with Crippen LogP contribution in [0.5, 0.6) is 11.5 Å². The number of hydrogen-bond acceptors (Lipinski definition) is 13. The van der Waals surface area contributed by atoms with E-state index in [-0.39, 0.29) is 24.6 Å². The van der Waals surface area contributed by atoms with Crippen LogP contribution in [0, 0.1) is 0 Å². The Morgan fingerprint density at radius 3 is 2.09 bits per heavy atom. The minimum atomic E-state index is -1.83. The van der Waals surface area contributed by atoms with E-state index in [0.29, 0.717) is 29.1 Å². The van der Waals surface area contributed by atoms with E-state index in [1.807, 2.05) is 85.8 Å². The first-order valence-electron chi connectivity index (χ1n) is 18.3. The normalized spacial score (nSPS) is 19.5. The number of aliphatic hydroxyl groups excluding tert-OH is 1. The second kappa shape index (κ2) is 17.8. The number of hydrogen-bond donors (Lipinski definition) is 2. The van der Waals surface area contributed by atoms with Crippen molar-refractivity contribution in [3.8, 4) is 11.5 Å². The Balaban J connectivity index is 1.46. The number of rotatable bonds is 17. The summed E-state index contributed by atoms with van der Waals surface area (Å²) in [6.45, 7) is 10.2. The van der Waals surface area contributed by atoms with Gasteiger partial charge in [0.05, 0.1) is 27.0 Å². The van der Waals surface area contributed by atoms with Crippen molar-refractivity contribution in [2.45, 2.75) is 83.1 Å². The summed E-state index contributed by atoms with van der Waals surface area (Å²) in [5, 5.41) is 20.9. The number of aliphatic hydroxyl groups is 1. The van der Waals surface area contributed by atoms with Crippen LogP contribution >= 0.6 is 8.53 Å². The van der Waals surface area contributed by atoms with Gasteiger partial charge in [0, 0.05) is 23.9 Å². The number of benzene rings is 3. The predicted octanol–water partition coefficient (Wildman–Crippen LogP) is 6.68. The minimum absolute atomic E-state index is 0.0216. The summed E-state index contributed by atoms with van der Waals surface area (Å²) in [5.41, 5.74) is 8.46. The first kappa shape index (κ1) is 40.0. The topological polar surface area (TPSA) is 160 Å². The lowest BCUT2D eigenvalue weighted by Gasteiger charge is -2.38. The molecule has 0 saturated carbocycles. The molecule has 5 unspecified atom stereocenters. The van der Waals surface area contributed by atoms with Crippen molar-refractivity contribution in [3.05, 3.63) is 114 Å². The third-order valence-corrected chi connectivity index (χ3v) is 11.4. The molecule has 6 rings (SSSR count). The van der Waals surface area contributed by atoms with Crippen LogP contribution in [0.25, 0.3) is 5.65 Å². The Morgan fingerprint density at radius 2 is 1.53 bits per heavy atom. The molecule has 15 heteroatoms. The molecule has 0 bridgehead atoms. The van der Waals surface area contributed by atoms with Gasteiger partial charge in [-0.2, -0.15) is 9.61 Å². The van der Waals surface area contributed by atoms with Crippen LogP contribution in [0.4, 0.5) is 5.95 Å². The Kier molecular flexibility index (Phi) is 13.0. The number of aromatic nitrogens is 4. The lowest BCUT2D eigenvalue weighted by Crippen LogP contribution is -2.42. The van der Waals surface area contributed by atoms with Crippen LogP contribution in [-0.2, 0) is 24.2 Å². The zero-order valence-corrected chi connectivity index (χ0v) is 33.1. The standard InChI is InChI=1S/C40H50N7O7P/c1-8-22-45-54-55(47(26(2)3)27(4)5)53-37-34(52-36(35(37)48)33-23-44-46-38(33)42-25-43-39(46)41)24-51-40(28-12-10-9-11-13-28,29-14-18-31(49-6)19-15-29)30-16-20-32(50-7)21-17-30/h9-23,25-27,34-37,48H,8,24H2,1-7H3,(H2,41,42,43)/b45-22+. The zero-order valence-electron chi connectivity index (χ0n) is 32.2. The number of fused-ring (bicyclic) bond motifs is 1. The van der Waals surface area contributed by atoms with E-state index < -0.39 is 38.5 Å². The second-order valence-corrected chi connectivity index (χ2v) is 14.9. The molecule has 5 aromatic rings. The molecule has 14 nitrogen and oxygen atoms in total. The molecule has 1 aliphatic heterocycles. The maximum atomic E-state index is 12.2. The van der Waals surface area contributed by atoms with Crippen molar-refractivity contribution in [2.75, 3.05) is 26.6 Å². The van der Waals surface area contributed by atoms with Crippen LogP contribution in [0.1, 0.15) is 69.4 Å². The Labute approximate surface area is 323 Å². The summed E-state index contributed by atoms with van der Waals surface area (Å²) in [6.07, 6.45) is 1.42. The Bertz CT molecular complexity index is 1940. The summed E-state index contributed by atoms with van der Waals surface area (Å²) in [5.74, 6) is 1.56. The first-order valence-corrected chi connectivity index (χ1v) is 19.5. The van der Waals surface area contributed by atoms with Crippen molar-refractivity contribution in [1.82, 2.24) is 24.3 Å². The van der Waals surface area contributed by atoms with Crippen LogP contribution in [0.3, 0.4) is 0 Å². The Morgan fingerprint density at radius 1 is 0.927 bits per heavy atom. The van der Waals surface area contributed by atoms with Crippen molar-refractivity contribution in [2.24, 2.45) is 5.16 Å². The summed E-state index contributed by atoms with van der Waals surface area (Å²) < 4.78 is 41.6. The van der Waals surface area contributed by atoms with Crippen LogP contribution in [0.2, 0.25) is 0 Å². The van der Waals surface area contributed by atoms with Crippen molar-refractivity contribution in [1.29, 1.82) is 0 Å². The Hall–Kier alpha value is -4.69. The number of anilines is 1. The van der Waals surface area contributed by atoms with E-state index in [0.717, 1.165) is 16.7 Å². The van der Waals surface area contributed by atoms with Crippen molar-refractivity contribution in [3.63, 3.8) is 0 Å². The number of nitrogens with zero attached hydrogens (tertiary/aromatic N) is 6. The van der Waals surface area contributed by atoms with E-state index >= 15 is 0 Å². The van der Waals surface area contributed by atoms with Gasteiger partial charge in [-0.15, -0.1) is 0 Å². The molecule has 0 amide bonds. The van der Waals surface area contributed by atoms with Crippen molar-refractivity contribution < 1.29 is 33.2 Å². The van der Waals surface area contributed by atoms with Gasteiger partial charge in [0.15, 0.2) is 5.65 Å². The van der Waals surface area contributed by atoms with E-state index in [2.05, 4.69) is 52.6 Å². The van der Waals surface area contributed by atoms with Gasteiger partial charge >= 0.3 is 8.53 Å². The fraction of sp³-hybridized carbons (Fsp3) is 0.400. The number of nitrogens with two attached hydrogens (primary N) is 1. The van der Waals surface area contributed by atoms with E-state index in [4.69, 9.17) is 33.8 Å². The maximum Gasteiger partial charge on any atom is 0.347 e. The van der Waals surface area contributed by atoms with Gasteiger partial charge in [-0.25, -0.2) is 14.6 Å². The van der Waals surface area contributed by atoms with Gasteiger partial charge in [0.1, 0.15) is 47.8 Å². The molecule has 55 heavy (non-hydrogen) atoms. The molecule has 3 aromatic carbocycles. The monoisotopic (exact) mass is 771 g/mol. The largest absolute Gasteiger partial charge is 0.497 e. The summed E-state index contributed by atoms with van der Waals surface area (Å²) >= 11 is 0. The third-order valence-electron chi connectivity index (χ3n) is 9.47. The van der Waals surface area contributed by atoms with Crippen LogP contribution in [-0.4, -0.2) is 86.8 Å². The quantitative estimate of drug-likeness (QED) is 0.0448. The molecule has 1 saturated heterocycles. The second-order valence-electron chi connectivity index (χ2n) is 13.6. The van der Waals surface area contributed by atoms with E-state index in [1.165, 1.54) is 10.8 Å². The fourth-order valence-electron chi connectivity index (χ4n) is 6.93. The van der Waals surface area contributed by atoms with Gasteiger partial charge in [-0.05, 0) is 75.1 Å². The maximum absolute atomic E-state index is 12.2. The molecule has 5 atom stereocenters. The van der Waals surface area contributed by atoms with Gasteiger partial charge in [-0.1, -0.05) is 66.7 Å². The predicted molar refractivity (Wildman–Crippen MR) is 211 cm³/mol. The highest BCUT2D eigenvalue weighted by Gasteiger charge is 2.51. The van der Waals surface area contributed by atoms with E-state index in [1.54, 1.807) is 26.6 Å². The van der Waals surface area contributed by atoms with Gasteiger partial charge in [0.2, 0.25) is 5.95 Å². The minimum Gasteiger partial charge on any atom is -0.497 e. The molecule has 292 valence electrons. The molecule has 0 spiro atoms. The molecular weight excluding hydrogens is 721 g/mol. The highest BCUT2D eigenvalue weighted by atomic mass is 31.2. The third kappa shape index (κ3) is 8.30. The number of ether oxygens (including phenoxy) is 4. The van der Waals surface area contributed by atoms with E-state index in [9.17, 15) is 5.11 Å².